The van der Waals surface area contributed by atoms with E-state index in [1.807, 2.05) is 4.90 Å². The minimum atomic E-state index is -0.691. The van der Waals surface area contributed by atoms with Crippen LogP contribution in [0, 0.1) is 5.92 Å². The summed E-state index contributed by atoms with van der Waals surface area (Å²) in [5.74, 6) is -0.176. The van der Waals surface area contributed by atoms with Crippen molar-refractivity contribution in [3.63, 3.8) is 0 Å². The van der Waals surface area contributed by atoms with Crippen molar-refractivity contribution in [2.75, 3.05) is 13.1 Å². The third kappa shape index (κ3) is 2.68. The summed E-state index contributed by atoms with van der Waals surface area (Å²) in [4.78, 5) is 26.1. The number of likely N-dealkylation sites (tertiary alicyclic amines) is 1. The fourth-order valence-corrected chi connectivity index (χ4v) is 3.63. The van der Waals surface area contributed by atoms with E-state index in [1.54, 1.807) is 0 Å². The fraction of sp³-hybridized carbons (Fsp3) is 0.867. The standard InChI is InChI=1S/C15H24N2O3/c18-13-8-11(9-17(13)12-4-1-2-5-12)14(19)16-10-15(20)6-3-7-15/h11-12,20H,1-10H2,(H,16,19). The Bertz CT molecular complexity index is 400. The molecule has 0 radical (unpaired) electrons. The molecule has 0 aromatic carbocycles. The molecule has 3 fully saturated rings. The van der Waals surface area contributed by atoms with Crippen molar-refractivity contribution >= 4 is 11.8 Å². The summed E-state index contributed by atoms with van der Waals surface area (Å²) in [6, 6.07) is 0.358. The number of carbonyl (C=O) groups excluding carboxylic acids is 2. The molecule has 1 unspecified atom stereocenters. The molecule has 2 saturated carbocycles. The van der Waals surface area contributed by atoms with Gasteiger partial charge in [0.15, 0.2) is 0 Å². The number of aliphatic hydroxyl groups is 1. The van der Waals surface area contributed by atoms with E-state index >= 15 is 0 Å². The Hall–Kier alpha value is -1.10. The van der Waals surface area contributed by atoms with Gasteiger partial charge in [0.25, 0.3) is 0 Å². The van der Waals surface area contributed by atoms with Crippen molar-refractivity contribution in [2.24, 2.45) is 5.92 Å². The highest BCUT2D eigenvalue weighted by atomic mass is 16.3. The van der Waals surface area contributed by atoms with E-state index in [9.17, 15) is 14.7 Å². The Morgan fingerprint density at radius 1 is 1.30 bits per heavy atom. The number of nitrogens with one attached hydrogen (secondary N) is 1. The molecule has 3 aliphatic rings. The van der Waals surface area contributed by atoms with Crippen molar-refractivity contribution in [1.82, 2.24) is 10.2 Å². The van der Waals surface area contributed by atoms with Crippen LogP contribution >= 0.6 is 0 Å². The van der Waals surface area contributed by atoms with Crippen molar-refractivity contribution in [3.05, 3.63) is 0 Å². The molecule has 2 aliphatic carbocycles. The predicted molar refractivity (Wildman–Crippen MR) is 73.9 cm³/mol. The molecule has 112 valence electrons. The van der Waals surface area contributed by atoms with Gasteiger partial charge in [0, 0.05) is 25.6 Å². The molecule has 0 spiro atoms. The zero-order valence-electron chi connectivity index (χ0n) is 11.9. The van der Waals surface area contributed by atoms with Crippen LogP contribution in [0.3, 0.4) is 0 Å². The number of hydrogen-bond acceptors (Lipinski definition) is 3. The van der Waals surface area contributed by atoms with Gasteiger partial charge in [-0.3, -0.25) is 9.59 Å². The molecule has 0 bridgehead atoms. The molecular weight excluding hydrogens is 256 g/mol. The summed E-state index contributed by atoms with van der Waals surface area (Å²) in [6.45, 7) is 0.897. The summed E-state index contributed by atoms with van der Waals surface area (Å²) in [6.07, 6.45) is 7.46. The number of nitrogens with zero attached hydrogens (tertiary/aromatic N) is 1. The second-order valence-electron chi connectivity index (χ2n) is 6.68. The van der Waals surface area contributed by atoms with E-state index in [0.29, 0.717) is 25.6 Å². The molecule has 2 amide bonds. The first kappa shape index (κ1) is 13.9. The highest BCUT2D eigenvalue weighted by Gasteiger charge is 2.40. The Kier molecular flexibility index (Phi) is 3.71. The van der Waals surface area contributed by atoms with Crippen LogP contribution in [0.4, 0.5) is 0 Å². The number of hydrogen-bond donors (Lipinski definition) is 2. The maximum atomic E-state index is 12.1. The van der Waals surface area contributed by atoms with Crippen LogP contribution in [0.1, 0.15) is 51.4 Å². The smallest absolute Gasteiger partial charge is 0.225 e. The van der Waals surface area contributed by atoms with E-state index in [1.165, 1.54) is 12.8 Å². The van der Waals surface area contributed by atoms with Crippen molar-refractivity contribution in [3.8, 4) is 0 Å². The molecule has 20 heavy (non-hydrogen) atoms. The highest BCUT2D eigenvalue weighted by molar-refractivity contribution is 5.89. The van der Waals surface area contributed by atoms with Gasteiger partial charge in [0.1, 0.15) is 0 Å². The average molecular weight is 280 g/mol. The van der Waals surface area contributed by atoms with Gasteiger partial charge in [0.2, 0.25) is 11.8 Å². The van der Waals surface area contributed by atoms with E-state index in [2.05, 4.69) is 5.32 Å². The first-order valence-corrected chi connectivity index (χ1v) is 7.87. The van der Waals surface area contributed by atoms with Crippen molar-refractivity contribution < 1.29 is 14.7 Å². The molecule has 1 saturated heterocycles. The van der Waals surface area contributed by atoms with Gasteiger partial charge in [-0.25, -0.2) is 0 Å². The zero-order valence-corrected chi connectivity index (χ0v) is 11.9. The van der Waals surface area contributed by atoms with E-state index in [-0.39, 0.29) is 17.7 Å². The minimum absolute atomic E-state index is 0.0702. The number of carbonyl (C=O) groups is 2. The van der Waals surface area contributed by atoms with Crippen molar-refractivity contribution in [2.45, 2.75) is 63.0 Å². The Morgan fingerprint density at radius 2 is 2.00 bits per heavy atom. The second-order valence-corrected chi connectivity index (χ2v) is 6.68. The van der Waals surface area contributed by atoms with Gasteiger partial charge < -0.3 is 15.3 Å². The quantitative estimate of drug-likeness (QED) is 0.800. The Labute approximate surface area is 119 Å². The van der Waals surface area contributed by atoms with Gasteiger partial charge in [-0.2, -0.15) is 0 Å². The van der Waals surface area contributed by atoms with Crippen molar-refractivity contribution in [1.29, 1.82) is 0 Å². The lowest BCUT2D eigenvalue weighted by Crippen LogP contribution is -2.49. The maximum Gasteiger partial charge on any atom is 0.225 e. The number of amides is 2. The fourth-order valence-electron chi connectivity index (χ4n) is 3.63. The molecule has 0 aromatic rings. The molecule has 5 heteroatoms. The van der Waals surface area contributed by atoms with Gasteiger partial charge >= 0.3 is 0 Å². The molecule has 0 aromatic heterocycles. The van der Waals surface area contributed by atoms with Crippen LogP contribution in [0.5, 0.6) is 0 Å². The summed E-state index contributed by atoms with van der Waals surface area (Å²) >= 11 is 0. The Balaban J connectivity index is 1.50. The van der Waals surface area contributed by atoms with Gasteiger partial charge in [-0.1, -0.05) is 12.8 Å². The summed E-state index contributed by atoms with van der Waals surface area (Å²) < 4.78 is 0. The van der Waals surface area contributed by atoms with E-state index in [0.717, 1.165) is 32.1 Å². The van der Waals surface area contributed by atoms with Gasteiger partial charge in [0.05, 0.1) is 11.5 Å². The topological polar surface area (TPSA) is 69.6 Å². The molecule has 5 nitrogen and oxygen atoms in total. The largest absolute Gasteiger partial charge is 0.388 e. The summed E-state index contributed by atoms with van der Waals surface area (Å²) in [7, 11) is 0. The maximum absolute atomic E-state index is 12.1. The molecule has 3 rings (SSSR count). The number of rotatable bonds is 4. The van der Waals surface area contributed by atoms with E-state index < -0.39 is 5.60 Å². The van der Waals surface area contributed by atoms with Crippen LogP contribution < -0.4 is 5.32 Å². The normalized spacial score (nSPS) is 29.6. The highest BCUT2D eigenvalue weighted by Crippen LogP contribution is 2.32. The summed E-state index contributed by atoms with van der Waals surface area (Å²) in [5.41, 5.74) is -0.691. The van der Waals surface area contributed by atoms with Crippen LogP contribution in [0.2, 0.25) is 0 Å². The molecule has 1 atom stereocenters. The first-order chi connectivity index (χ1) is 9.57. The van der Waals surface area contributed by atoms with Crippen LogP contribution in [-0.2, 0) is 9.59 Å². The Morgan fingerprint density at radius 3 is 2.60 bits per heavy atom. The third-order valence-corrected chi connectivity index (χ3v) is 5.17. The van der Waals surface area contributed by atoms with E-state index in [4.69, 9.17) is 0 Å². The van der Waals surface area contributed by atoms with Gasteiger partial charge in [-0.05, 0) is 32.1 Å². The third-order valence-electron chi connectivity index (χ3n) is 5.17. The minimum Gasteiger partial charge on any atom is -0.388 e. The lowest BCUT2D eigenvalue weighted by molar-refractivity contribution is -0.130. The predicted octanol–water partition coefficient (Wildman–Crippen LogP) is 0.809. The zero-order chi connectivity index (χ0) is 14.2. The average Bonchev–Trinajstić information content (AvgIpc) is 3.02. The van der Waals surface area contributed by atoms with Gasteiger partial charge in [-0.15, -0.1) is 0 Å². The second kappa shape index (κ2) is 5.35. The van der Waals surface area contributed by atoms with Crippen LogP contribution in [-0.4, -0.2) is 46.6 Å². The molecule has 1 heterocycles. The van der Waals surface area contributed by atoms with Crippen LogP contribution in [0.25, 0.3) is 0 Å². The lowest BCUT2D eigenvalue weighted by Gasteiger charge is -2.36. The monoisotopic (exact) mass is 280 g/mol. The lowest BCUT2D eigenvalue weighted by atomic mass is 9.80. The first-order valence-electron chi connectivity index (χ1n) is 7.87. The summed E-state index contributed by atoms with van der Waals surface area (Å²) in [5, 5.41) is 12.8. The molecule has 1 aliphatic heterocycles. The molecular formula is C15H24N2O3. The molecule has 2 N–H and O–H groups in total. The SMILES string of the molecule is O=C(NCC1(O)CCC1)C1CC(=O)N(C2CCCC2)C1. The van der Waals surface area contributed by atoms with Crippen LogP contribution in [0.15, 0.2) is 0 Å².